The summed E-state index contributed by atoms with van der Waals surface area (Å²) >= 11 is 0. The van der Waals surface area contributed by atoms with Gasteiger partial charge in [0.2, 0.25) is 11.6 Å². The van der Waals surface area contributed by atoms with E-state index in [-0.39, 0.29) is 35.1 Å². The first-order valence-corrected chi connectivity index (χ1v) is 14.7. The molecule has 2 aliphatic carbocycles. The van der Waals surface area contributed by atoms with Gasteiger partial charge in [-0.1, -0.05) is 38.2 Å². The first-order valence-electron chi connectivity index (χ1n) is 14.7. The number of ether oxygens (including phenoxy) is 3. The number of primary amides is 1. The van der Waals surface area contributed by atoms with Crippen molar-refractivity contribution in [3.05, 3.63) is 58.5 Å². The third kappa shape index (κ3) is 9.22. The zero-order chi connectivity index (χ0) is 31.8. The molecule has 11 nitrogen and oxygen atoms in total. The van der Waals surface area contributed by atoms with Crippen molar-refractivity contribution in [1.29, 1.82) is 0 Å². The molecular weight excluding hydrogens is 554 g/mol. The Hall–Kier alpha value is -3.54. The molecule has 5 N–H and O–H groups in total. The zero-order valence-corrected chi connectivity index (χ0v) is 25.8. The molecule has 0 saturated heterocycles. The number of carbonyl (C=O) groups is 4. The fourth-order valence-electron chi connectivity index (χ4n) is 5.35. The molecule has 0 radical (unpaired) electrons. The van der Waals surface area contributed by atoms with Gasteiger partial charge < -0.3 is 35.7 Å². The van der Waals surface area contributed by atoms with Gasteiger partial charge in [0.05, 0.1) is 23.6 Å². The number of amides is 2. The predicted octanol–water partition coefficient (Wildman–Crippen LogP) is 2.76. The van der Waals surface area contributed by atoms with E-state index in [1.165, 1.54) is 26.4 Å². The molecule has 43 heavy (non-hydrogen) atoms. The van der Waals surface area contributed by atoms with Crippen molar-refractivity contribution in [2.24, 2.45) is 23.5 Å². The summed E-state index contributed by atoms with van der Waals surface area (Å²) in [5.41, 5.74) is 6.69. The number of nitrogens with one attached hydrogen (secondary N) is 2. The molecule has 1 aliphatic heterocycles. The molecule has 0 spiro atoms. The van der Waals surface area contributed by atoms with Crippen molar-refractivity contribution in [3.8, 4) is 0 Å². The van der Waals surface area contributed by atoms with Crippen molar-refractivity contribution in [1.82, 2.24) is 10.6 Å². The molecule has 11 heteroatoms. The predicted molar refractivity (Wildman–Crippen MR) is 160 cm³/mol. The molecule has 1 unspecified atom stereocenters. The molecule has 0 aromatic rings. The van der Waals surface area contributed by atoms with E-state index in [0.717, 1.165) is 12.8 Å². The van der Waals surface area contributed by atoms with Crippen molar-refractivity contribution >= 4 is 23.6 Å². The van der Waals surface area contributed by atoms with E-state index in [2.05, 4.69) is 10.6 Å². The SMILES string of the molecule is CO[C@H]1/C=C\C=C(/C)C(=O)NC2=CC(=O)C(NCC3CC3)=C(C[C@@H](C)C[C@H](OC)[C@H](O)[C@@H](C)/C=C(\C)C1OC(N)=O)C2=O. The number of allylic oxidation sites excluding steroid dienone is 4. The molecular formula is C32H45N3O8. The summed E-state index contributed by atoms with van der Waals surface area (Å²) in [6.07, 6.45) is 6.18. The quantitative estimate of drug-likeness (QED) is 0.265. The van der Waals surface area contributed by atoms with Gasteiger partial charge in [-0.3, -0.25) is 14.4 Å². The maximum atomic E-state index is 13.7. The number of hydrogen-bond donors (Lipinski definition) is 4. The first-order chi connectivity index (χ1) is 20.4. The minimum atomic E-state index is -0.992. The van der Waals surface area contributed by atoms with Crippen molar-refractivity contribution < 1.29 is 38.5 Å². The maximum absolute atomic E-state index is 13.7. The first kappa shape index (κ1) is 34.0. The number of nitrogens with two attached hydrogens (primary N) is 1. The number of fused-ring (bicyclic) bond motifs is 2. The van der Waals surface area contributed by atoms with Crippen LogP contribution in [0.4, 0.5) is 4.79 Å². The minimum absolute atomic E-state index is 0.0923. The van der Waals surface area contributed by atoms with Crippen molar-refractivity contribution in [3.63, 3.8) is 0 Å². The van der Waals surface area contributed by atoms with Crippen LogP contribution in [-0.4, -0.2) is 73.9 Å². The van der Waals surface area contributed by atoms with E-state index in [4.69, 9.17) is 19.9 Å². The third-order valence-electron chi connectivity index (χ3n) is 8.06. The van der Waals surface area contributed by atoms with Crippen LogP contribution >= 0.6 is 0 Å². The lowest BCUT2D eigenvalue weighted by atomic mass is 9.85. The second-order valence-electron chi connectivity index (χ2n) is 11.8. The Kier molecular flexibility index (Phi) is 12.1. The van der Waals surface area contributed by atoms with Gasteiger partial charge in [0.1, 0.15) is 6.10 Å². The molecule has 6 atom stereocenters. The Labute approximate surface area is 253 Å². The number of Topliss-reactive ketones (excluding diaryl/α,β-unsaturated/α-hetero) is 1. The lowest BCUT2D eigenvalue weighted by Crippen LogP contribution is -2.38. The van der Waals surface area contributed by atoms with Gasteiger partial charge in [-0.15, -0.1) is 0 Å². The van der Waals surface area contributed by atoms with Crippen LogP contribution in [0.2, 0.25) is 0 Å². The average Bonchev–Trinajstić information content (AvgIpc) is 3.78. The Balaban J connectivity index is 2.04. The summed E-state index contributed by atoms with van der Waals surface area (Å²) in [7, 11) is 2.95. The fourth-order valence-corrected chi connectivity index (χ4v) is 5.35. The third-order valence-corrected chi connectivity index (χ3v) is 8.06. The summed E-state index contributed by atoms with van der Waals surface area (Å²) in [5, 5.41) is 17.1. The van der Waals surface area contributed by atoms with E-state index >= 15 is 0 Å². The Morgan fingerprint density at radius 3 is 2.44 bits per heavy atom. The van der Waals surface area contributed by atoms with Crippen LogP contribution in [0.25, 0.3) is 0 Å². The van der Waals surface area contributed by atoms with Crippen LogP contribution in [0.3, 0.4) is 0 Å². The Morgan fingerprint density at radius 1 is 1.14 bits per heavy atom. The topological polar surface area (TPSA) is 166 Å². The molecule has 1 saturated carbocycles. The normalized spacial score (nSPS) is 33.0. The number of methoxy groups -OCH3 is 2. The summed E-state index contributed by atoms with van der Waals surface area (Å²) < 4.78 is 16.6. The average molecular weight is 600 g/mol. The number of hydrogen-bond acceptors (Lipinski definition) is 9. The number of ketones is 2. The van der Waals surface area contributed by atoms with Crippen LogP contribution < -0.4 is 16.4 Å². The van der Waals surface area contributed by atoms with E-state index < -0.39 is 48.1 Å². The highest BCUT2D eigenvalue weighted by Gasteiger charge is 2.34. The molecule has 0 aromatic heterocycles. The van der Waals surface area contributed by atoms with Crippen LogP contribution in [0.5, 0.6) is 0 Å². The van der Waals surface area contributed by atoms with Gasteiger partial charge in [-0.05, 0) is 56.9 Å². The molecule has 0 aromatic carbocycles. The second kappa shape index (κ2) is 15.3. The number of aliphatic hydroxyl groups is 1. The van der Waals surface area contributed by atoms with Gasteiger partial charge in [-0.2, -0.15) is 0 Å². The van der Waals surface area contributed by atoms with Crippen LogP contribution in [0.15, 0.2) is 58.5 Å². The molecule has 1 fully saturated rings. The molecule has 236 valence electrons. The fraction of sp³-hybridized carbons (Fsp3) is 0.562. The van der Waals surface area contributed by atoms with Crippen molar-refractivity contribution in [2.45, 2.75) is 77.8 Å². The highest BCUT2D eigenvalue weighted by atomic mass is 16.6. The van der Waals surface area contributed by atoms with E-state index in [1.54, 1.807) is 32.1 Å². The minimum Gasteiger partial charge on any atom is -0.439 e. The summed E-state index contributed by atoms with van der Waals surface area (Å²) in [5.74, 6) is -1.47. The van der Waals surface area contributed by atoms with E-state index in [1.807, 2.05) is 13.8 Å². The summed E-state index contributed by atoms with van der Waals surface area (Å²) in [6, 6.07) is 0. The summed E-state index contributed by atoms with van der Waals surface area (Å²) in [4.78, 5) is 51.6. The lowest BCUT2D eigenvalue weighted by molar-refractivity contribution is -0.120. The van der Waals surface area contributed by atoms with Gasteiger partial charge in [0, 0.05) is 43.9 Å². The summed E-state index contributed by atoms with van der Waals surface area (Å²) in [6.45, 7) is 7.65. The van der Waals surface area contributed by atoms with Gasteiger partial charge in [0.15, 0.2) is 6.10 Å². The van der Waals surface area contributed by atoms with Gasteiger partial charge in [0.25, 0.3) is 5.91 Å². The molecule has 3 aliphatic rings. The van der Waals surface area contributed by atoms with Crippen molar-refractivity contribution in [2.75, 3.05) is 20.8 Å². The smallest absolute Gasteiger partial charge is 0.405 e. The molecule has 3 rings (SSSR count). The van der Waals surface area contributed by atoms with Gasteiger partial charge in [-0.25, -0.2) is 4.79 Å². The van der Waals surface area contributed by atoms with Crippen LogP contribution in [0, 0.1) is 17.8 Å². The largest absolute Gasteiger partial charge is 0.439 e. The molecule has 1 heterocycles. The van der Waals surface area contributed by atoms with Crippen LogP contribution in [0.1, 0.15) is 53.4 Å². The number of rotatable bonds is 6. The highest BCUT2D eigenvalue weighted by Crippen LogP contribution is 2.31. The number of aliphatic hydroxyl groups excluding tert-OH is 1. The zero-order valence-electron chi connectivity index (χ0n) is 25.8. The Bertz CT molecular complexity index is 1240. The Morgan fingerprint density at radius 2 is 1.84 bits per heavy atom. The molecule has 2 amide bonds. The second-order valence-corrected chi connectivity index (χ2v) is 11.8. The van der Waals surface area contributed by atoms with E-state index in [9.17, 15) is 24.3 Å². The van der Waals surface area contributed by atoms with E-state index in [0.29, 0.717) is 30.0 Å². The number of carbonyl (C=O) groups excluding carboxylic acids is 4. The lowest BCUT2D eigenvalue weighted by Gasteiger charge is -2.30. The highest BCUT2D eigenvalue weighted by molar-refractivity contribution is 6.23. The maximum Gasteiger partial charge on any atom is 0.405 e. The standard InChI is InChI=1S/C32H45N3O8/c1-17-12-22-27(34-16-21-10-11-21)24(36)15-23(29(22)38)35-31(39)18(2)8-7-9-25(41-5)30(43-32(33)40)20(4)14-19(3)28(37)26(13-17)42-6/h7-9,14-15,17,19,21,25-26,28,30,34,37H,10-13,16H2,1-6H3,(H2,33,40)(H,35,39)/b9-7-,18-8+,20-14+/t17-,19+,25+,26+,28-,30?/m1/s1. The van der Waals surface area contributed by atoms with Gasteiger partial charge >= 0.3 is 6.09 Å². The molecule has 2 bridgehead atoms. The van der Waals surface area contributed by atoms with Crippen LogP contribution in [-0.2, 0) is 28.6 Å². The monoisotopic (exact) mass is 599 g/mol.